The predicted octanol–water partition coefficient (Wildman–Crippen LogP) is 0.591. The second-order valence-corrected chi connectivity index (χ2v) is 7.09. The maximum Gasteiger partial charge on any atom is 0.263 e. The third-order valence-electron chi connectivity index (χ3n) is 3.09. The maximum atomic E-state index is 13.2. The number of anilines is 1. The van der Waals surface area contributed by atoms with E-state index in [9.17, 15) is 17.6 Å². The van der Waals surface area contributed by atoms with Crippen LogP contribution in [0.5, 0.6) is 0 Å². The van der Waals surface area contributed by atoms with Gasteiger partial charge >= 0.3 is 0 Å². The van der Waals surface area contributed by atoms with E-state index in [1.54, 1.807) is 0 Å². The molecule has 1 aromatic carbocycles. The fraction of sp³-hybridized carbons (Fsp3) is 0.308. The molecule has 106 valence electrons. The van der Waals surface area contributed by atoms with Crippen LogP contribution in [0.2, 0.25) is 0 Å². The zero-order chi connectivity index (χ0) is 15.1. The lowest BCUT2D eigenvalue weighted by Gasteiger charge is -2.43. The largest absolute Gasteiger partial charge is 0.320 e. The third kappa shape index (κ3) is 1.88. The van der Waals surface area contributed by atoms with Gasteiger partial charge < -0.3 is 5.73 Å². The first-order valence-corrected chi connectivity index (χ1v) is 7.25. The van der Waals surface area contributed by atoms with Crippen molar-refractivity contribution in [2.75, 3.05) is 10.8 Å². The zero-order valence-corrected chi connectivity index (χ0v) is 11.8. The summed E-state index contributed by atoms with van der Waals surface area (Å²) in [6.07, 6.45) is 0. The van der Waals surface area contributed by atoms with Gasteiger partial charge in [-0.25, -0.2) is 17.1 Å². The molecule has 0 unspecified atom stereocenters. The molecule has 1 heterocycles. The van der Waals surface area contributed by atoms with Gasteiger partial charge in [-0.05, 0) is 32.0 Å². The van der Waals surface area contributed by atoms with E-state index in [-0.39, 0.29) is 17.8 Å². The third-order valence-corrected chi connectivity index (χ3v) is 5.39. The van der Waals surface area contributed by atoms with E-state index in [0.29, 0.717) is 4.31 Å². The number of hydrogen-bond donors (Lipinski definition) is 1. The van der Waals surface area contributed by atoms with Gasteiger partial charge in [0.1, 0.15) is 5.82 Å². The van der Waals surface area contributed by atoms with Crippen LogP contribution in [0, 0.1) is 17.7 Å². The van der Waals surface area contributed by atoms with Crippen molar-refractivity contribution < 1.29 is 17.6 Å². The first-order chi connectivity index (χ1) is 9.23. The van der Waals surface area contributed by atoms with Crippen molar-refractivity contribution in [2.45, 2.75) is 18.6 Å². The molecule has 0 atom stereocenters. The van der Waals surface area contributed by atoms with Crippen LogP contribution in [0.1, 0.15) is 19.4 Å². The molecular weight excluding hydrogens is 283 g/mol. The molecule has 5 nitrogen and oxygen atoms in total. The summed E-state index contributed by atoms with van der Waals surface area (Å²) in [6, 6.07) is 3.38. The highest BCUT2D eigenvalue weighted by Crippen LogP contribution is 2.40. The molecule has 1 aliphatic heterocycles. The Bertz CT molecular complexity index is 745. The van der Waals surface area contributed by atoms with Gasteiger partial charge in [-0.1, -0.05) is 11.8 Å². The van der Waals surface area contributed by atoms with Crippen LogP contribution in [-0.4, -0.2) is 25.6 Å². The Hall–Kier alpha value is -1.91. The molecular formula is C13H13FN2O3S. The van der Waals surface area contributed by atoms with Crippen LogP contribution >= 0.6 is 0 Å². The number of carbonyl (C=O) groups is 1. The molecule has 0 aliphatic carbocycles. The van der Waals surface area contributed by atoms with Crippen molar-refractivity contribution >= 4 is 21.6 Å². The summed E-state index contributed by atoms with van der Waals surface area (Å²) >= 11 is 0. The first-order valence-electron chi connectivity index (χ1n) is 5.81. The highest BCUT2D eigenvalue weighted by Gasteiger charge is 2.61. The molecule has 1 aromatic rings. The van der Waals surface area contributed by atoms with E-state index in [2.05, 4.69) is 11.8 Å². The Morgan fingerprint density at radius 3 is 2.60 bits per heavy atom. The second-order valence-electron chi connectivity index (χ2n) is 4.75. The van der Waals surface area contributed by atoms with Crippen LogP contribution < -0.4 is 10.0 Å². The Labute approximate surface area is 116 Å². The van der Waals surface area contributed by atoms with Crippen molar-refractivity contribution in [3.8, 4) is 11.8 Å². The van der Waals surface area contributed by atoms with Gasteiger partial charge in [0.2, 0.25) is 0 Å². The summed E-state index contributed by atoms with van der Waals surface area (Å²) in [7, 11) is -3.80. The zero-order valence-electron chi connectivity index (χ0n) is 11.0. The van der Waals surface area contributed by atoms with Gasteiger partial charge in [0.05, 0.1) is 17.8 Å². The van der Waals surface area contributed by atoms with E-state index in [4.69, 9.17) is 5.73 Å². The Morgan fingerprint density at radius 1 is 1.40 bits per heavy atom. The molecule has 1 fully saturated rings. The normalized spacial score (nSPS) is 19.0. The summed E-state index contributed by atoms with van der Waals surface area (Å²) in [5.41, 5.74) is 5.41. The van der Waals surface area contributed by atoms with Gasteiger partial charge in [0, 0.05) is 0 Å². The standard InChI is InChI=1S/C13H13FN2O3S/c1-13(2)12(17)16(20(13,18)19)11-6-5-10(14)8-9(11)4-3-7-15/h5-6,8H,7,15H2,1-2H3. The van der Waals surface area contributed by atoms with E-state index in [1.165, 1.54) is 19.9 Å². The number of amides is 1. The molecule has 0 saturated carbocycles. The lowest BCUT2D eigenvalue weighted by Crippen LogP contribution is -2.67. The summed E-state index contributed by atoms with van der Waals surface area (Å²) in [4.78, 5) is 12.0. The van der Waals surface area contributed by atoms with Crippen LogP contribution in [0.15, 0.2) is 18.2 Å². The Balaban J connectivity index is 2.58. The van der Waals surface area contributed by atoms with Crippen LogP contribution in [0.25, 0.3) is 0 Å². The van der Waals surface area contributed by atoms with E-state index < -0.39 is 26.5 Å². The minimum Gasteiger partial charge on any atom is -0.320 e. The predicted molar refractivity (Wildman–Crippen MR) is 72.8 cm³/mol. The second kappa shape index (κ2) is 4.58. The Kier molecular flexibility index (Phi) is 3.32. The summed E-state index contributed by atoms with van der Waals surface area (Å²) in [5.74, 6) is 3.95. The van der Waals surface area contributed by atoms with Crippen LogP contribution in [0.4, 0.5) is 10.1 Å². The van der Waals surface area contributed by atoms with E-state index in [0.717, 1.165) is 12.1 Å². The fourth-order valence-corrected chi connectivity index (χ4v) is 3.32. The number of carbonyl (C=O) groups excluding carboxylic acids is 1. The van der Waals surface area contributed by atoms with Gasteiger partial charge in [-0.3, -0.25) is 4.79 Å². The maximum absolute atomic E-state index is 13.2. The summed E-state index contributed by atoms with van der Waals surface area (Å²) in [6.45, 7) is 2.70. The van der Waals surface area contributed by atoms with Crippen molar-refractivity contribution in [1.82, 2.24) is 0 Å². The van der Waals surface area contributed by atoms with Crippen molar-refractivity contribution in [1.29, 1.82) is 0 Å². The van der Waals surface area contributed by atoms with Gasteiger partial charge in [-0.2, -0.15) is 0 Å². The molecule has 0 aromatic heterocycles. The summed E-state index contributed by atoms with van der Waals surface area (Å²) < 4.78 is 36.7. The van der Waals surface area contributed by atoms with Crippen LogP contribution in [0.3, 0.4) is 0 Å². The molecule has 7 heteroatoms. The molecule has 20 heavy (non-hydrogen) atoms. The number of halogens is 1. The average molecular weight is 296 g/mol. The number of benzene rings is 1. The minimum absolute atomic E-state index is 0.0438. The Morgan fingerprint density at radius 2 is 2.05 bits per heavy atom. The number of nitrogens with two attached hydrogens (primary N) is 1. The number of rotatable bonds is 1. The lowest BCUT2D eigenvalue weighted by atomic mass is 10.1. The topological polar surface area (TPSA) is 80.5 Å². The van der Waals surface area contributed by atoms with Crippen molar-refractivity contribution in [3.63, 3.8) is 0 Å². The highest BCUT2D eigenvalue weighted by molar-refractivity contribution is 7.98. The van der Waals surface area contributed by atoms with E-state index >= 15 is 0 Å². The molecule has 1 aliphatic rings. The van der Waals surface area contributed by atoms with Crippen molar-refractivity contribution in [3.05, 3.63) is 29.6 Å². The van der Waals surface area contributed by atoms with Gasteiger partial charge in [-0.15, -0.1) is 0 Å². The number of sulfonamides is 1. The quantitative estimate of drug-likeness (QED) is 0.769. The molecule has 1 amide bonds. The average Bonchev–Trinajstić information content (AvgIpc) is 2.38. The molecule has 2 rings (SSSR count). The fourth-order valence-electron chi connectivity index (χ4n) is 1.82. The lowest BCUT2D eigenvalue weighted by molar-refractivity contribution is -0.120. The molecule has 0 bridgehead atoms. The first kappa shape index (κ1) is 14.5. The summed E-state index contributed by atoms with van der Waals surface area (Å²) in [5, 5.41) is 0. The molecule has 0 radical (unpaired) electrons. The van der Waals surface area contributed by atoms with Crippen molar-refractivity contribution in [2.24, 2.45) is 5.73 Å². The minimum atomic E-state index is -3.80. The molecule has 0 spiro atoms. The highest BCUT2D eigenvalue weighted by atomic mass is 32.2. The monoisotopic (exact) mass is 296 g/mol. The van der Waals surface area contributed by atoms with Gasteiger partial charge in [0.15, 0.2) is 4.75 Å². The SMILES string of the molecule is CC1(C)C(=O)N(c2ccc(F)cc2C#CCN)S1(=O)=O. The van der Waals surface area contributed by atoms with Gasteiger partial charge in [0.25, 0.3) is 15.9 Å². The molecule has 1 saturated heterocycles. The number of nitrogens with zero attached hydrogens (tertiary/aromatic N) is 1. The number of hydrogen-bond acceptors (Lipinski definition) is 4. The smallest absolute Gasteiger partial charge is 0.263 e. The molecule has 2 N–H and O–H groups in total. The van der Waals surface area contributed by atoms with Crippen LogP contribution in [-0.2, 0) is 14.8 Å². The van der Waals surface area contributed by atoms with E-state index in [1.807, 2.05) is 0 Å².